The van der Waals surface area contributed by atoms with Crippen LogP contribution in [-0.4, -0.2) is 30.4 Å². The number of tetrazole rings is 1. The van der Waals surface area contributed by atoms with Gasteiger partial charge in [0.1, 0.15) is 0 Å². The average molecular weight is 263 g/mol. The Kier molecular flexibility index (Phi) is 3.94. The first kappa shape index (κ1) is 13.7. The van der Waals surface area contributed by atoms with Gasteiger partial charge in [0, 0.05) is 23.8 Å². The Hall–Kier alpha value is -1.76. The first-order valence-corrected chi connectivity index (χ1v) is 6.57. The first-order valence-electron chi connectivity index (χ1n) is 6.57. The van der Waals surface area contributed by atoms with Gasteiger partial charge in [-0.3, -0.25) is 4.68 Å². The van der Waals surface area contributed by atoms with Gasteiger partial charge in [-0.15, -0.1) is 10.2 Å². The summed E-state index contributed by atoms with van der Waals surface area (Å²) in [6, 6.07) is 0.228. The highest BCUT2D eigenvalue weighted by Gasteiger charge is 2.20. The molecule has 2 atom stereocenters. The Morgan fingerprint density at radius 1 is 1.26 bits per heavy atom. The van der Waals surface area contributed by atoms with Crippen molar-refractivity contribution in [3.8, 4) is 0 Å². The topological polar surface area (TPSA) is 84.3 Å². The van der Waals surface area contributed by atoms with Crippen molar-refractivity contribution in [2.24, 2.45) is 0 Å². The van der Waals surface area contributed by atoms with Gasteiger partial charge in [0.05, 0.1) is 11.7 Å². The highest BCUT2D eigenvalue weighted by atomic mass is 15.5. The summed E-state index contributed by atoms with van der Waals surface area (Å²) in [5.74, 6) is 0.671. The molecule has 0 amide bonds. The van der Waals surface area contributed by atoms with E-state index in [1.54, 1.807) is 0 Å². The van der Waals surface area contributed by atoms with E-state index in [1.807, 2.05) is 18.5 Å². The fourth-order valence-corrected chi connectivity index (χ4v) is 2.53. The molecule has 2 unspecified atom stereocenters. The number of hydrogen-bond acceptors (Lipinski definition) is 5. The van der Waals surface area contributed by atoms with Crippen LogP contribution in [-0.2, 0) is 6.54 Å². The molecule has 0 aromatic carbocycles. The second-order valence-electron chi connectivity index (χ2n) is 4.78. The van der Waals surface area contributed by atoms with E-state index in [4.69, 9.17) is 0 Å². The van der Waals surface area contributed by atoms with Crippen molar-refractivity contribution < 1.29 is 0 Å². The number of aromatic nitrogens is 6. The third-order valence-corrected chi connectivity index (χ3v) is 3.42. The summed E-state index contributed by atoms with van der Waals surface area (Å²) in [6.07, 6.45) is 0. The molecule has 0 aliphatic rings. The van der Waals surface area contributed by atoms with Crippen molar-refractivity contribution in [3.63, 3.8) is 0 Å². The lowest BCUT2D eigenvalue weighted by Crippen LogP contribution is -2.24. The molecule has 0 saturated heterocycles. The predicted molar refractivity (Wildman–Crippen MR) is 71.5 cm³/mol. The smallest absolute Gasteiger partial charge is 0.191 e. The van der Waals surface area contributed by atoms with E-state index in [0.717, 1.165) is 12.2 Å². The number of aromatic amines is 1. The van der Waals surface area contributed by atoms with E-state index in [0.29, 0.717) is 5.82 Å². The number of H-pyrrole nitrogens is 1. The Morgan fingerprint density at radius 3 is 2.53 bits per heavy atom. The van der Waals surface area contributed by atoms with Gasteiger partial charge >= 0.3 is 0 Å². The largest absolute Gasteiger partial charge is 0.301 e. The maximum atomic E-state index is 4.55. The molecule has 0 fully saturated rings. The van der Waals surface area contributed by atoms with E-state index in [2.05, 4.69) is 51.8 Å². The number of rotatable bonds is 5. The monoisotopic (exact) mass is 263 g/mol. The molecule has 2 aromatic heterocycles. The van der Waals surface area contributed by atoms with Crippen LogP contribution in [0.2, 0.25) is 0 Å². The lowest BCUT2D eigenvalue weighted by atomic mass is 10.1. The van der Waals surface area contributed by atoms with Gasteiger partial charge < -0.3 is 5.32 Å². The Bertz CT molecular complexity index is 529. The fourth-order valence-electron chi connectivity index (χ4n) is 2.53. The van der Waals surface area contributed by atoms with Gasteiger partial charge in [-0.25, -0.2) is 0 Å². The summed E-state index contributed by atoms with van der Waals surface area (Å²) >= 11 is 0. The van der Waals surface area contributed by atoms with E-state index >= 15 is 0 Å². The van der Waals surface area contributed by atoms with Gasteiger partial charge in [-0.2, -0.15) is 10.3 Å². The summed E-state index contributed by atoms with van der Waals surface area (Å²) in [5.41, 5.74) is 3.53. The van der Waals surface area contributed by atoms with Crippen molar-refractivity contribution in [1.82, 2.24) is 35.7 Å². The third-order valence-electron chi connectivity index (χ3n) is 3.42. The lowest BCUT2D eigenvalue weighted by molar-refractivity contribution is 0.473. The number of aryl methyl sites for hydroxylation is 2. The number of nitrogens with zero attached hydrogens (tertiary/aromatic N) is 5. The maximum absolute atomic E-state index is 4.55. The SMILES string of the molecule is CCn1nc(C)c(C(C)NC(C)c2nn[nH]n2)c1C. The lowest BCUT2D eigenvalue weighted by Gasteiger charge is -2.18. The molecule has 19 heavy (non-hydrogen) atoms. The minimum Gasteiger partial charge on any atom is -0.301 e. The molecule has 0 radical (unpaired) electrons. The van der Waals surface area contributed by atoms with Crippen LogP contribution in [0.25, 0.3) is 0 Å². The van der Waals surface area contributed by atoms with Crippen LogP contribution in [0, 0.1) is 13.8 Å². The van der Waals surface area contributed by atoms with Crippen LogP contribution < -0.4 is 5.32 Å². The predicted octanol–water partition coefficient (Wildman–Crippen LogP) is 1.44. The molecule has 7 nitrogen and oxygen atoms in total. The van der Waals surface area contributed by atoms with E-state index in [1.165, 1.54) is 11.3 Å². The first-order chi connectivity index (χ1) is 9.04. The minimum atomic E-state index is 0.0394. The summed E-state index contributed by atoms with van der Waals surface area (Å²) in [6.45, 7) is 11.3. The van der Waals surface area contributed by atoms with Gasteiger partial charge in [0.25, 0.3) is 0 Å². The molecule has 0 bridgehead atoms. The van der Waals surface area contributed by atoms with Crippen molar-refractivity contribution in [2.45, 2.75) is 53.2 Å². The van der Waals surface area contributed by atoms with Crippen LogP contribution in [0.3, 0.4) is 0 Å². The fraction of sp³-hybridized carbons (Fsp3) is 0.667. The molecule has 0 saturated carbocycles. The maximum Gasteiger partial charge on any atom is 0.191 e. The zero-order valence-electron chi connectivity index (χ0n) is 12.1. The Labute approximate surface area is 112 Å². The summed E-state index contributed by atoms with van der Waals surface area (Å²) < 4.78 is 2.03. The highest BCUT2D eigenvalue weighted by Crippen LogP contribution is 2.23. The quantitative estimate of drug-likeness (QED) is 0.852. The van der Waals surface area contributed by atoms with E-state index in [-0.39, 0.29) is 12.1 Å². The molecule has 2 N–H and O–H groups in total. The molecule has 104 valence electrons. The summed E-state index contributed by atoms with van der Waals surface area (Å²) in [4.78, 5) is 0. The third kappa shape index (κ3) is 2.65. The molecule has 2 aromatic rings. The normalized spacial score (nSPS) is 14.6. The molecular formula is C12H21N7. The summed E-state index contributed by atoms with van der Waals surface area (Å²) in [7, 11) is 0. The zero-order chi connectivity index (χ0) is 14.0. The second kappa shape index (κ2) is 5.48. The number of nitrogens with one attached hydrogen (secondary N) is 2. The molecule has 0 aliphatic heterocycles. The molecule has 0 spiro atoms. The van der Waals surface area contributed by atoms with Crippen molar-refractivity contribution in [1.29, 1.82) is 0 Å². The van der Waals surface area contributed by atoms with Crippen molar-refractivity contribution >= 4 is 0 Å². The van der Waals surface area contributed by atoms with Gasteiger partial charge in [0.2, 0.25) is 0 Å². The van der Waals surface area contributed by atoms with E-state index < -0.39 is 0 Å². The minimum absolute atomic E-state index is 0.0394. The van der Waals surface area contributed by atoms with Crippen LogP contribution in [0.4, 0.5) is 0 Å². The van der Waals surface area contributed by atoms with Crippen LogP contribution >= 0.6 is 0 Å². The standard InChI is InChI=1S/C12H21N7/c1-6-19-10(5)11(8(3)16-19)7(2)13-9(4)12-14-17-18-15-12/h7,9,13H,6H2,1-5H3,(H,14,15,17,18). The second-order valence-corrected chi connectivity index (χ2v) is 4.78. The highest BCUT2D eigenvalue weighted by molar-refractivity contribution is 5.28. The number of hydrogen-bond donors (Lipinski definition) is 2. The summed E-state index contributed by atoms with van der Waals surface area (Å²) in [5, 5.41) is 22.1. The Balaban J connectivity index is 2.16. The molecule has 7 heteroatoms. The van der Waals surface area contributed by atoms with Crippen LogP contribution in [0.1, 0.15) is 55.6 Å². The average Bonchev–Trinajstić information content (AvgIpc) is 2.97. The Morgan fingerprint density at radius 2 is 2.00 bits per heavy atom. The molecule has 0 aliphatic carbocycles. The van der Waals surface area contributed by atoms with Gasteiger partial charge in [0.15, 0.2) is 5.82 Å². The van der Waals surface area contributed by atoms with Crippen molar-refractivity contribution in [3.05, 3.63) is 22.8 Å². The van der Waals surface area contributed by atoms with Crippen LogP contribution in [0.5, 0.6) is 0 Å². The van der Waals surface area contributed by atoms with Gasteiger partial charge in [-0.05, 0) is 34.6 Å². The zero-order valence-corrected chi connectivity index (χ0v) is 12.1. The van der Waals surface area contributed by atoms with E-state index in [9.17, 15) is 0 Å². The van der Waals surface area contributed by atoms with Crippen LogP contribution in [0.15, 0.2) is 0 Å². The molecular weight excluding hydrogens is 242 g/mol. The molecule has 2 heterocycles. The van der Waals surface area contributed by atoms with Gasteiger partial charge in [-0.1, -0.05) is 5.21 Å². The molecule has 2 rings (SSSR count). The van der Waals surface area contributed by atoms with Crippen molar-refractivity contribution in [2.75, 3.05) is 0 Å².